The van der Waals surface area contributed by atoms with E-state index in [1.165, 1.54) is 23.3 Å². The summed E-state index contributed by atoms with van der Waals surface area (Å²) < 4.78 is 19.6. The molecule has 1 aromatic carbocycles. The lowest BCUT2D eigenvalue weighted by molar-refractivity contribution is 0.363. The van der Waals surface area contributed by atoms with Crippen LogP contribution in [-0.4, -0.2) is 0 Å². The van der Waals surface area contributed by atoms with Crippen molar-refractivity contribution in [3.05, 3.63) is 47.0 Å². The summed E-state index contributed by atoms with van der Waals surface area (Å²) in [6.07, 6.45) is 5.18. The van der Waals surface area contributed by atoms with Gasteiger partial charge >= 0.3 is 0 Å². The third-order valence-electron chi connectivity index (χ3n) is 4.00. The highest BCUT2D eigenvalue weighted by Gasteiger charge is 2.23. The molecule has 23 heavy (non-hydrogen) atoms. The van der Waals surface area contributed by atoms with E-state index in [1.807, 2.05) is 12.1 Å². The van der Waals surface area contributed by atoms with Crippen LogP contribution >= 0.6 is 0 Å². The number of furan rings is 1. The molecule has 0 aliphatic heterocycles. The molecule has 1 nitrogen and oxygen atoms in total. The monoisotopic (exact) mass is 316 g/mol. The first kappa shape index (κ1) is 17.8. The summed E-state index contributed by atoms with van der Waals surface area (Å²) in [5, 5.41) is 0. The summed E-state index contributed by atoms with van der Waals surface area (Å²) in [5.74, 6) is 1.85. The molecule has 1 aromatic heterocycles. The molecule has 0 aliphatic carbocycles. The quantitative estimate of drug-likeness (QED) is 0.586. The van der Waals surface area contributed by atoms with Crippen LogP contribution in [0.25, 0.3) is 11.3 Å². The molecule has 0 unspecified atom stereocenters. The summed E-state index contributed by atoms with van der Waals surface area (Å²) in [6, 6.07) is 6.67. The van der Waals surface area contributed by atoms with Gasteiger partial charge in [0.2, 0.25) is 0 Å². The Morgan fingerprint density at radius 1 is 0.913 bits per heavy atom. The maximum atomic E-state index is 13.2. The standard InChI is InChI=1S/C21H29FO/c1-6-8-17-18(9-7-2)20(15-10-12-16(22)13-11-15)23-19(17)14-21(3,4)5/h10-13H,6-9,14H2,1-5H3. The smallest absolute Gasteiger partial charge is 0.137 e. The number of benzene rings is 1. The van der Waals surface area contributed by atoms with Gasteiger partial charge in [0.1, 0.15) is 17.3 Å². The van der Waals surface area contributed by atoms with E-state index in [-0.39, 0.29) is 11.2 Å². The summed E-state index contributed by atoms with van der Waals surface area (Å²) in [5.41, 5.74) is 3.86. The van der Waals surface area contributed by atoms with Crippen LogP contribution in [0.4, 0.5) is 4.39 Å². The molecule has 0 aliphatic rings. The SMILES string of the molecule is CCCc1c(CC(C)(C)C)oc(-c2ccc(F)cc2)c1CCC. The van der Waals surface area contributed by atoms with E-state index in [0.29, 0.717) is 0 Å². The van der Waals surface area contributed by atoms with Crippen molar-refractivity contribution >= 4 is 0 Å². The predicted molar refractivity (Wildman–Crippen MR) is 95.3 cm³/mol. The third-order valence-corrected chi connectivity index (χ3v) is 4.00. The van der Waals surface area contributed by atoms with Crippen LogP contribution in [0.15, 0.2) is 28.7 Å². The van der Waals surface area contributed by atoms with Crippen molar-refractivity contribution in [3.8, 4) is 11.3 Å². The largest absolute Gasteiger partial charge is 0.460 e. The van der Waals surface area contributed by atoms with E-state index in [4.69, 9.17) is 4.42 Å². The van der Waals surface area contributed by atoms with Gasteiger partial charge in [0.05, 0.1) is 0 Å². The molecule has 0 amide bonds. The number of rotatable bonds is 6. The zero-order valence-corrected chi connectivity index (χ0v) is 15.1. The van der Waals surface area contributed by atoms with Crippen molar-refractivity contribution in [1.29, 1.82) is 0 Å². The van der Waals surface area contributed by atoms with Crippen molar-refractivity contribution < 1.29 is 8.81 Å². The van der Waals surface area contributed by atoms with Crippen LogP contribution < -0.4 is 0 Å². The van der Waals surface area contributed by atoms with Gasteiger partial charge in [0.25, 0.3) is 0 Å². The second kappa shape index (κ2) is 7.33. The van der Waals surface area contributed by atoms with E-state index in [0.717, 1.165) is 49.2 Å². The van der Waals surface area contributed by atoms with Crippen LogP contribution in [-0.2, 0) is 19.3 Å². The van der Waals surface area contributed by atoms with Gasteiger partial charge < -0.3 is 4.42 Å². The predicted octanol–water partition coefficient (Wildman–Crippen LogP) is 6.58. The Bertz CT molecular complexity index is 629. The minimum Gasteiger partial charge on any atom is -0.460 e. The molecule has 1 heterocycles. The zero-order valence-electron chi connectivity index (χ0n) is 15.1. The second-order valence-electron chi connectivity index (χ2n) is 7.56. The molecule has 126 valence electrons. The minimum absolute atomic E-state index is 0.184. The summed E-state index contributed by atoms with van der Waals surface area (Å²) in [6.45, 7) is 11.1. The van der Waals surface area contributed by atoms with Gasteiger partial charge in [-0.15, -0.1) is 0 Å². The first-order valence-corrected chi connectivity index (χ1v) is 8.75. The molecule has 0 saturated carbocycles. The van der Waals surface area contributed by atoms with E-state index < -0.39 is 0 Å². The molecule has 0 fully saturated rings. The summed E-state index contributed by atoms with van der Waals surface area (Å²) in [4.78, 5) is 0. The normalized spacial score (nSPS) is 11.9. The topological polar surface area (TPSA) is 13.1 Å². The molecular formula is C21H29FO. The van der Waals surface area contributed by atoms with Crippen LogP contribution in [0.1, 0.15) is 64.3 Å². The Labute approximate surface area is 139 Å². The molecule has 0 N–H and O–H groups in total. The maximum absolute atomic E-state index is 13.2. The van der Waals surface area contributed by atoms with Crippen LogP contribution in [0.5, 0.6) is 0 Å². The Kier molecular flexibility index (Phi) is 5.67. The lowest BCUT2D eigenvalue weighted by atomic mass is 9.88. The second-order valence-corrected chi connectivity index (χ2v) is 7.56. The molecule has 0 spiro atoms. The van der Waals surface area contributed by atoms with Gasteiger partial charge in [-0.05, 0) is 48.1 Å². The highest BCUT2D eigenvalue weighted by atomic mass is 19.1. The Hall–Kier alpha value is -1.57. The lowest BCUT2D eigenvalue weighted by Crippen LogP contribution is -2.10. The van der Waals surface area contributed by atoms with Crippen LogP contribution in [0.2, 0.25) is 0 Å². The first-order valence-electron chi connectivity index (χ1n) is 8.75. The summed E-state index contributed by atoms with van der Waals surface area (Å²) in [7, 11) is 0. The van der Waals surface area contributed by atoms with Crippen LogP contribution in [0.3, 0.4) is 0 Å². The van der Waals surface area contributed by atoms with E-state index in [1.54, 1.807) is 0 Å². The van der Waals surface area contributed by atoms with Gasteiger partial charge in [-0.1, -0.05) is 47.5 Å². The van der Waals surface area contributed by atoms with Crippen LogP contribution in [0, 0.1) is 11.2 Å². The molecule has 2 aromatic rings. The number of halogens is 1. The molecule has 2 heteroatoms. The average Bonchev–Trinajstić information content (AvgIpc) is 2.77. The van der Waals surface area contributed by atoms with Crippen molar-refractivity contribution in [3.63, 3.8) is 0 Å². The molecular weight excluding hydrogens is 287 g/mol. The van der Waals surface area contributed by atoms with Gasteiger partial charge in [-0.2, -0.15) is 0 Å². The number of hydrogen-bond acceptors (Lipinski definition) is 1. The molecule has 0 saturated heterocycles. The fourth-order valence-corrected chi connectivity index (χ4v) is 3.07. The number of hydrogen-bond donors (Lipinski definition) is 0. The Morgan fingerprint density at radius 3 is 2.00 bits per heavy atom. The molecule has 0 radical (unpaired) electrons. The highest BCUT2D eigenvalue weighted by molar-refractivity contribution is 5.64. The molecule has 0 bridgehead atoms. The summed E-state index contributed by atoms with van der Waals surface area (Å²) >= 11 is 0. The lowest BCUT2D eigenvalue weighted by Gasteiger charge is -2.17. The zero-order chi connectivity index (χ0) is 17.0. The van der Waals surface area contributed by atoms with Gasteiger partial charge in [-0.3, -0.25) is 0 Å². The van der Waals surface area contributed by atoms with Crippen molar-refractivity contribution in [2.45, 2.75) is 66.7 Å². The van der Waals surface area contributed by atoms with Gasteiger partial charge in [0.15, 0.2) is 0 Å². The minimum atomic E-state index is -0.207. The fraction of sp³-hybridized carbons (Fsp3) is 0.524. The van der Waals surface area contributed by atoms with Gasteiger partial charge in [-0.25, -0.2) is 4.39 Å². The van der Waals surface area contributed by atoms with E-state index >= 15 is 0 Å². The maximum Gasteiger partial charge on any atom is 0.137 e. The molecule has 0 atom stereocenters. The van der Waals surface area contributed by atoms with Crippen molar-refractivity contribution in [2.75, 3.05) is 0 Å². The highest BCUT2D eigenvalue weighted by Crippen LogP contribution is 2.36. The first-order chi connectivity index (χ1) is 10.9. The molecule has 2 rings (SSSR count). The van der Waals surface area contributed by atoms with Crippen molar-refractivity contribution in [2.24, 2.45) is 5.41 Å². The van der Waals surface area contributed by atoms with Gasteiger partial charge in [0, 0.05) is 17.5 Å². The average molecular weight is 316 g/mol. The van der Waals surface area contributed by atoms with Crippen molar-refractivity contribution in [1.82, 2.24) is 0 Å². The Balaban J connectivity index is 2.55. The van der Waals surface area contributed by atoms with E-state index in [2.05, 4.69) is 34.6 Å². The Morgan fingerprint density at radius 2 is 1.48 bits per heavy atom. The fourth-order valence-electron chi connectivity index (χ4n) is 3.07. The third kappa shape index (κ3) is 4.46. The van der Waals surface area contributed by atoms with E-state index in [9.17, 15) is 4.39 Å².